The van der Waals surface area contributed by atoms with Crippen LogP contribution in [0.5, 0.6) is 0 Å². The number of carbonyl (C=O) groups is 1. The lowest BCUT2D eigenvalue weighted by atomic mass is 10.1. The molecule has 0 atom stereocenters. The largest absolute Gasteiger partial charge is 0.465 e. The van der Waals surface area contributed by atoms with E-state index in [1.807, 2.05) is 31.2 Å². The number of hydrogen-bond acceptors (Lipinski definition) is 7. The maximum Gasteiger partial charge on any atom is 0.337 e. The Balaban J connectivity index is 1.56. The topological polar surface area (TPSA) is 86.8 Å². The highest BCUT2D eigenvalue weighted by molar-refractivity contribution is 5.90. The molecule has 26 heavy (non-hydrogen) atoms. The summed E-state index contributed by atoms with van der Waals surface area (Å²) in [6.07, 6.45) is 1.53. The molecule has 2 aromatic carbocycles. The molecule has 0 fully saturated rings. The first-order valence-corrected chi connectivity index (χ1v) is 7.89. The molecule has 0 saturated carbocycles. The molecule has 0 N–H and O–H groups in total. The van der Waals surface area contributed by atoms with Gasteiger partial charge in [0.25, 0.3) is 5.89 Å². The molecule has 0 unspecified atom stereocenters. The van der Waals surface area contributed by atoms with E-state index in [1.54, 1.807) is 24.3 Å². The summed E-state index contributed by atoms with van der Waals surface area (Å²) in [7, 11) is 1.34. The standard InChI is InChI=1S/C19H17N3O4/c1-13-5-3-4-6-16(13)18-21-17(26-22-18)12-25-20-11-14-7-9-15(10-8-14)19(23)24-2/h3-11H,12H2,1-2H3/b20-11+. The zero-order valence-electron chi connectivity index (χ0n) is 14.4. The van der Waals surface area contributed by atoms with Crippen LogP contribution in [0.25, 0.3) is 11.4 Å². The van der Waals surface area contributed by atoms with E-state index in [0.29, 0.717) is 17.3 Å². The van der Waals surface area contributed by atoms with Gasteiger partial charge in [0.15, 0.2) is 6.61 Å². The summed E-state index contributed by atoms with van der Waals surface area (Å²) in [6.45, 7) is 2.05. The fourth-order valence-corrected chi connectivity index (χ4v) is 2.26. The Bertz CT molecular complexity index is 917. The van der Waals surface area contributed by atoms with E-state index >= 15 is 0 Å². The van der Waals surface area contributed by atoms with E-state index in [9.17, 15) is 4.79 Å². The van der Waals surface area contributed by atoms with E-state index in [2.05, 4.69) is 20.0 Å². The molecule has 0 saturated heterocycles. The Morgan fingerprint density at radius 2 is 1.96 bits per heavy atom. The molecule has 0 radical (unpaired) electrons. The number of aromatic nitrogens is 2. The first-order valence-electron chi connectivity index (χ1n) is 7.89. The summed E-state index contributed by atoms with van der Waals surface area (Å²) in [5.74, 6) is 0.469. The number of rotatable bonds is 6. The minimum Gasteiger partial charge on any atom is -0.465 e. The molecule has 1 heterocycles. The minimum absolute atomic E-state index is 0.0651. The normalized spacial score (nSPS) is 10.8. The van der Waals surface area contributed by atoms with Crippen molar-refractivity contribution in [1.29, 1.82) is 0 Å². The van der Waals surface area contributed by atoms with Gasteiger partial charge in [-0.2, -0.15) is 4.98 Å². The molecule has 7 nitrogen and oxygen atoms in total. The fourth-order valence-electron chi connectivity index (χ4n) is 2.26. The summed E-state index contributed by atoms with van der Waals surface area (Å²) in [5, 5.41) is 7.82. The van der Waals surface area contributed by atoms with Crippen molar-refractivity contribution in [2.24, 2.45) is 5.16 Å². The predicted octanol–water partition coefficient (Wildman–Crippen LogP) is 3.38. The summed E-state index contributed by atoms with van der Waals surface area (Å²) in [4.78, 5) is 20.8. The average molecular weight is 351 g/mol. The number of benzene rings is 2. The monoisotopic (exact) mass is 351 g/mol. The SMILES string of the molecule is COC(=O)c1ccc(/C=N/OCc2nc(-c3ccccc3C)no2)cc1. The van der Waals surface area contributed by atoms with E-state index in [-0.39, 0.29) is 12.6 Å². The third-order valence-electron chi connectivity index (χ3n) is 3.65. The lowest BCUT2D eigenvalue weighted by molar-refractivity contribution is 0.0600. The van der Waals surface area contributed by atoms with E-state index < -0.39 is 0 Å². The van der Waals surface area contributed by atoms with Crippen LogP contribution in [-0.2, 0) is 16.2 Å². The minimum atomic E-state index is -0.384. The first-order chi connectivity index (χ1) is 12.7. The highest BCUT2D eigenvalue weighted by atomic mass is 16.6. The number of esters is 1. The Kier molecular flexibility index (Phi) is 5.38. The van der Waals surface area contributed by atoms with Crippen molar-refractivity contribution in [3.63, 3.8) is 0 Å². The van der Waals surface area contributed by atoms with Gasteiger partial charge in [-0.3, -0.25) is 0 Å². The van der Waals surface area contributed by atoms with Gasteiger partial charge < -0.3 is 14.1 Å². The third-order valence-corrected chi connectivity index (χ3v) is 3.65. The van der Waals surface area contributed by atoms with Gasteiger partial charge in [0.05, 0.1) is 18.9 Å². The van der Waals surface area contributed by atoms with Gasteiger partial charge in [0.2, 0.25) is 5.82 Å². The second-order valence-electron chi connectivity index (χ2n) is 5.45. The molecule has 0 aliphatic carbocycles. The van der Waals surface area contributed by atoms with E-state index in [1.165, 1.54) is 13.3 Å². The van der Waals surface area contributed by atoms with Crippen LogP contribution in [0.1, 0.15) is 27.4 Å². The maximum absolute atomic E-state index is 11.4. The van der Waals surface area contributed by atoms with Crippen LogP contribution < -0.4 is 0 Å². The van der Waals surface area contributed by atoms with Crippen molar-refractivity contribution < 1.29 is 18.9 Å². The number of methoxy groups -OCH3 is 1. The van der Waals surface area contributed by atoms with Gasteiger partial charge in [-0.25, -0.2) is 4.79 Å². The van der Waals surface area contributed by atoms with Gasteiger partial charge in [-0.1, -0.05) is 46.7 Å². The number of ether oxygens (including phenoxy) is 1. The van der Waals surface area contributed by atoms with Gasteiger partial charge in [-0.15, -0.1) is 0 Å². The Morgan fingerprint density at radius 1 is 1.19 bits per heavy atom. The number of nitrogens with zero attached hydrogens (tertiary/aromatic N) is 3. The quantitative estimate of drug-likeness (QED) is 0.384. The molecule has 3 rings (SSSR count). The predicted molar refractivity (Wildman–Crippen MR) is 94.6 cm³/mol. The molecule has 7 heteroatoms. The van der Waals surface area contributed by atoms with Crippen LogP contribution in [0.15, 0.2) is 58.2 Å². The fraction of sp³-hybridized carbons (Fsp3) is 0.158. The zero-order valence-corrected chi connectivity index (χ0v) is 14.4. The van der Waals surface area contributed by atoms with E-state index in [4.69, 9.17) is 9.36 Å². The highest BCUT2D eigenvalue weighted by Gasteiger charge is 2.10. The van der Waals surface area contributed by atoms with Crippen molar-refractivity contribution in [2.45, 2.75) is 13.5 Å². The van der Waals surface area contributed by atoms with Crippen molar-refractivity contribution in [3.8, 4) is 11.4 Å². The van der Waals surface area contributed by atoms with Gasteiger partial charge in [-0.05, 0) is 30.2 Å². The van der Waals surface area contributed by atoms with Crippen LogP contribution in [-0.4, -0.2) is 29.4 Å². The van der Waals surface area contributed by atoms with Crippen molar-refractivity contribution >= 4 is 12.2 Å². The molecular weight excluding hydrogens is 334 g/mol. The van der Waals surface area contributed by atoms with Gasteiger partial charge in [0, 0.05) is 5.56 Å². The van der Waals surface area contributed by atoms with Crippen LogP contribution in [0, 0.1) is 6.92 Å². The molecule has 0 aliphatic heterocycles. The van der Waals surface area contributed by atoms with Crippen LogP contribution in [0.4, 0.5) is 0 Å². The van der Waals surface area contributed by atoms with Crippen molar-refractivity contribution in [3.05, 3.63) is 71.1 Å². The highest BCUT2D eigenvalue weighted by Crippen LogP contribution is 2.19. The number of carbonyl (C=O) groups excluding carboxylic acids is 1. The molecule has 0 aliphatic rings. The Morgan fingerprint density at radius 3 is 2.69 bits per heavy atom. The second kappa shape index (κ2) is 8.06. The Labute approximate surface area is 150 Å². The average Bonchev–Trinajstić information content (AvgIpc) is 3.14. The maximum atomic E-state index is 11.4. The molecule has 132 valence electrons. The van der Waals surface area contributed by atoms with Crippen molar-refractivity contribution in [2.75, 3.05) is 7.11 Å². The van der Waals surface area contributed by atoms with Gasteiger partial charge >= 0.3 is 5.97 Å². The Hall–Kier alpha value is -3.48. The molecule has 0 spiro atoms. The van der Waals surface area contributed by atoms with Crippen LogP contribution in [0.2, 0.25) is 0 Å². The molecular formula is C19H17N3O4. The second-order valence-corrected chi connectivity index (χ2v) is 5.45. The molecule has 0 amide bonds. The first kappa shape index (κ1) is 17.3. The summed E-state index contributed by atoms with van der Waals surface area (Å²) >= 11 is 0. The van der Waals surface area contributed by atoms with Gasteiger partial charge in [0.1, 0.15) is 0 Å². The number of aryl methyl sites for hydroxylation is 1. The number of oxime groups is 1. The molecule has 3 aromatic rings. The molecule has 1 aromatic heterocycles. The zero-order chi connectivity index (χ0) is 18.4. The lowest BCUT2D eigenvalue weighted by Gasteiger charge is -1.99. The smallest absolute Gasteiger partial charge is 0.337 e. The third kappa shape index (κ3) is 4.13. The van der Waals surface area contributed by atoms with Crippen LogP contribution >= 0.6 is 0 Å². The van der Waals surface area contributed by atoms with Crippen LogP contribution in [0.3, 0.4) is 0 Å². The summed E-state index contributed by atoms with van der Waals surface area (Å²) in [6, 6.07) is 14.6. The summed E-state index contributed by atoms with van der Waals surface area (Å²) < 4.78 is 9.81. The number of hydrogen-bond donors (Lipinski definition) is 0. The summed E-state index contributed by atoms with van der Waals surface area (Å²) in [5.41, 5.74) is 3.23. The lowest BCUT2D eigenvalue weighted by Crippen LogP contribution is -2.00. The van der Waals surface area contributed by atoms with Crippen molar-refractivity contribution in [1.82, 2.24) is 10.1 Å². The van der Waals surface area contributed by atoms with E-state index in [0.717, 1.165) is 16.7 Å². The molecule has 0 bridgehead atoms.